The molecule has 152 valence electrons. The van der Waals surface area contributed by atoms with Crippen molar-refractivity contribution in [3.05, 3.63) is 35.9 Å². The van der Waals surface area contributed by atoms with Crippen LogP contribution in [0.2, 0.25) is 0 Å². The first kappa shape index (κ1) is 19.4. The van der Waals surface area contributed by atoms with E-state index in [1.54, 1.807) is 6.92 Å². The van der Waals surface area contributed by atoms with Gasteiger partial charge in [0.25, 0.3) is 5.91 Å². The molecule has 0 radical (unpaired) electrons. The summed E-state index contributed by atoms with van der Waals surface area (Å²) in [5, 5.41) is 2.85. The van der Waals surface area contributed by atoms with E-state index in [0.717, 1.165) is 18.4 Å². The van der Waals surface area contributed by atoms with E-state index in [9.17, 15) is 18.0 Å². The van der Waals surface area contributed by atoms with Gasteiger partial charge in [0.1, 0.15) is 5.54 Å². The van der Waals surface area contributed by atoms with Crippen LogP contribution in [0.5, 0.6) is 0 Å². The van der Waals surface area contributed by atoms with E-state index >= 15 is 0 Å². The molecule has 1 atom stereocenters. The lowest BCUT2D eigenvalue weighted by Gasteiger charge is -2.35. The van der Waals surface area contributed by atoms with Crippen molar-refractivity contribution in [3.63, 3.8) is 0 Å². The number of nitrogens with zero attached hydrogens (tertiary/aromatic N) is 3. The Morgan fingerprint density at radius 3 is 2.32 bits per heavy atom. The van der Waals surface area contributed by atoms with Crippen LogP contribution in [0, 0.1) is 5.92 Å². The Morgan fingerprint density at radius 2 is 1.71 bits per heavy atom. The molecule has 2 heterocycles. The van der Waals surface area contributed by atoms with E-state index in [1.807, 2.05) is 35.2 Å². The standard InChI is InChI=1S/C19H26N4O4S/c1-19(16-7-8-16)17(24)23(18(25)20-19)14-21-9-11-22(12-10-21)28(26,27)13-15-5-3-2-4-6-15/h2-6,16H,7-14H2,1H3,(H,20,25)/t19-/m1/s1. The average Bonchev–Trinajstić information content (AvgIpc) is 3.49. The van der Waals surface area contributed by atoms with Gasteiger partial charge >= 0.3 is 6.03 Å². The first-order valence-corrected chi connectivity index (χ1v) is 11.3. The maximum absolute atomic E-state index is 12.7. The van der Waals surface area contributed by atoms with Crippen molar-refractivity contribution < 1.29 is 18.0 Å². The predicted molar refractivity (Wildman–Crippen MR) is 104 cm³/mol. The van der Waals surface area contributed by atoms with Crippen molar-refractivity contribution >= 4 is 22.0 Å². The van der Waals surface area contributed by atoms with Gasteiger partial charge in [-0.2, -0.15) is 4.31 Å². The molecule has 0 aromatic heterocycles. The van der Waals surface area contributed by atoms with Gasteiger partial charge < -0.3 is 5.32 Å². The number of nitrogens with one attached hydrogen (secondary N) is 1. The zero-order chi connectivity index (χ0) is 19.9. The molecule has 3 aliphatic rings. The highest BCUT2D eigenvalue weighted by Gasteiger charge is 2.56. The molecule has 8 nitrogen and oxygen atoms in total. The van der Waals surface area contributed by atoms with Crippen LogP contribution >= 0.6 is 0 Å². The molecule has 28 heavy (non-hydrogen) atoms. The molecule has 2 aliphatic heterocycles. The van der Waals surface area contributed by atoms with Crippen molar-refractivity contribution in [2.45, 2.75) is 31.1 Å². The lowest BCUT2D eigenvalue weighted by Crippen LogP contribution is -2.53. The monoisotopic (exact) mass is 406 g/mol. The van der Waals surface area contributed by atoms with Crippen molar-refractivity contribution in [1.29, 1.82) is 0 Å². The SMILES string of the molecule is C[C@]1(C2CC2)NC(=O)N(CN2CCN(S(=O)(=O)Cc3ccccc3)CC2)C1=O. The second-order valence-corrected chi connectivity index (χ2v) is 10.0. The van der Waals surface area contributed by atoms with Crippen molar-refractivity contribution in [1.82, 2.24) is 19.4 Å². The van der Waals surface area contributed by atoms with Crippen LogP contribution in [0.15, 0.2) is 30.3 Å². The van der Waals surface area contributed by atoms with Gasteiger partial charge in [-0.15, -0.1) is 0 Å². The summed E-state index contributed by atoms with van der Waals surface area (Å²) in [6.07, 6.45) is 1.93. The third-order valence-corrected chi connectivity index (χ3v) is 7.80. The number of urea groups is 1. The average molecular weight is 407 g/mol. The van der Waals surface area contributed by atoms with E-state index in [-0.39, 0.29) is 30.3 Å². The van der Waals surface area contributed by atoms with Gasteiger partial charge in [-0.3, -0.25) is 9.69 Å². The Labute approximate surface area is 165 Å². The molecular formula is C19H26N4O4S. The summed E-state index contributed by atoms with van der Waals surface area (Å²) in [6, 6.07) is 8.79. The van der Waals surface area contributed by atoms with Crippen LogP contribution in [0.3, 0.4) is 0 Å². The molecular weight excluding hydrogens is 380 g/mol. The maximum atomic E-state index is 12.7. The highest BCUT2D eigenvalue weighted by molar-refractivity contribution is 7.88. The van der Waals surface area contributed by atoms with Gasteiger partial charge in [-0.1, -0.05) is 30.3 Å². The molecule has 3 amide bonds. The van der Waals surface area contributed by atoms with E-state index in [0.29, 0.717) is 26.2 Å². The minimum Gasteiger partial charge on any atom is -0.323 e. The Bertz CT molecular complexity index is 863. The number of rotatable bonds is 6. The Morgan fingerprint density at radius 1 is 1.07 bits per heavy atom. The molecule has 1 aliphatic carbocycles. The summed E-state index contributed by atoms with van der Waals surface area (Å²) < 4.78 is 26.8. The summed E-state index contributed by atoms with van der Waals surface area (Å²) in [4.78, 5) is 28.3. The fourth-order valence-electron chi connectivity index (χ4n) is 4.01. The number of carbonyl (C=O) groups excluding carboxylic acids is 2. The maximum Gasteiger partial charge on any atom is 0.326 e. The largest absolute Gasteiger partial charge is 0.326 e. The van der Waals surface area contributed by atoms with Crippen LogP contribution in [0.1, 0.15) is 25.3 Å². The van der Waals surface area contributed by atoms with Gasteiger partial charge in [0, 0.05) is 26.2 Å². The summed E-state index contributed by atoms with van der Waals surface area (Å²) in [5.41, 5.74) is -0.0126. The van der Waals surface area contributed by atoms with Crippen molar-refractivity contribution in [3.8, 4) is 0 Å². The molecule has 4 rings (SSSR count). The third-order valence-electron chi connectivity index (χ3n) is 5.95. The predicted octanol–water partition coefficient (Wildman–Crippen LogP) is 0.812. The number of carbonyl (C=O) groups is 2. The number of imide groups is 1. The molecule has 1 saturated carbocycles. The van der Waals surface area contributed by atoms with Crippen LogP contribution < -0.4 is 5.32 Å². The molecule has 0 unspecified atom stereocenters. The zero-order valence-electron chi connectivity index (χ0n) is 16.0. The van der Waals surface area contributed by atoms with E-state index in [4.69, 9.17) is 0 Å². The minimum atomic E-state index is -3.38. The van der Waals surface area contributed by atoms with Gasteiger partial charge in [-0.25, -0.2) is 18.1 Å². The number of amides is 3. The Balaban J connectivity index is 1.33. The lowest BCUT2D eigenvalue weighted by atomic mass is 9.96. The number of piperazine rings is 1. The molecule has 1 N–H and O–H groups in total. The summed E-state index contributed by atoms with van der Waals surface area (Å²) >= 11 is 0. The highest BCUT2D eigenvalue weighted by atomic mass is 32.2. The fourth-order valence-corrected chi connectivity index (χ4v) is 5.52. The molecule has 0 bridgehead atoms. The lowest BCUT2D eigenvalue weighted by molar-refractivity contribution is -0.133. The highest BCUT2D eigenvalue weighted by Crippen LogP contribution is 2.42. The molecule has 1 aromatic carbocycles. The van der Waals surface area contributed by atoms with Gasteiger partial charge in [0.05, 0.1) is 12.4 Å². The second-order valence-electron chi connectivity index (χ2n) is 8.04. The Kier molecular flexibility index (Phi) is 4.93. The molecule has 0 spiro atoms. The van der Waals surface area contributed by atoms with Crippen molar-refractivity contribution in [2.24, 2.45) is 5.92 Å². The smallest absolute Gasteiger partial charge is 0.323 e. The van der Waals surface area contributed by atoms with E-state index in [1.165, 1.54) is 9.21 Å². The summed E-state index contributed by atoms with van der Waals surface area (Å²) in [5.74, 6) is 0.0497. The molecule has 2 saturated heterocycles. The zero-order valence-corrected chi connectivity index (χ0v) is 16.8. The molecule has 3 fully saturated rings. The minimum absolute atomic E-state index is 0.0133. The van der Waals surface area contributed by atoms with Crippen LogP contribution in [0.4, 0.5) is 4.79 Å². The number of hydrogen-bond donors (Lipinski definition) is 1. The van der Waals surface area contributed by atoms with Gasteiger partial charge in [-0.05, 0) is 31.2 Å². The molecule has 9 heteroatoms. The number of hydrogen-bond acceptors (Lipinski definition) is 5. The summed E-state index contributed by atoms with van der Waals surface area (Å²) in [7, 11) is -3.38. The number of sulfonamides is 1. The quantitative estimate of drug-likeness (QED) is 0.706. The van der Waals surface area contributed by atoms with Crippen LogP contribution in [-0.2, 0) is 20.6 Å². The Hall–Kier alpha value is -1.97. The van der Waals surface area contributed by atoms with Gasteiger partial charge in [0.2, 0.25) is 10.0 Å². The van der Waals surface area contributed by atoms with Crippen LogP contribution in [-0.4, -0.2) is 72.8 Å². The number of benzene rings is 1. The van der Waals surface area contributed by atoms with Gasteiger partial charge in [0.15, 0.2) is 0 Å². The fraction of sp³-hybridized carbons (Fsp3) is 0.579. The first-order valence-electron chi connectivity index (χ1n) is 9.68. The normalized spacial score (nSPS) is 27.2. The summed E-state index contributed by atoms with van der Waals surface area (Å²) in [6.45, 7) is 3.71. The van der Waals surface area contributed by atoms with E-state index in [2.05, 4.69) is 5.32 Å². The third kappa shape index (κ3) is 3.66. The second kappa shape index (κ2) is 7.13. The first-order chi connectivity index (χ1) is 13.3. The van der Waals surface area contributed by atoms with Crippen LogP contribution in [0.25, 0.3) is 0 Å². The topological polar surface area (TPSA) is 90.0 Å². The molecule has 1 aromatic rings. The van der Waals surface area contributed by atoms with E-state index < -0.39 is 15.6 Å². The van der Waals surface area contributed by atoms with Crippen molar-refractivity contribution in [2.75, 3.05) is 32.8 Å².